The molecule has 1 aliphatic carbocycles. The molecule has 1 aromatic carbocycles. The number of aliphatic hydroxyl groups is 1. The van der Waals surface area contributed by atoms with Gasteiger partial charge in [0, 0.05) is 11.5 Å². The molecule has 2 nitrogen and oxygen atoms in total. The summed E-state index contributed by atoms with van der Waals surface area (Å²) < 4.78 is 0. The average molecular weight is 287 g/mol. The summed E-state index contributed by atoms with van der Waals surface area (Å²) in [7, 11) is 0. The molecular formula is C17H21NOS. The van der Waals surface area contributed by atoms with Gasteiger partial charge in [-0.25, -0.2) is 4.98 Å². The maximum atomic E-state index is 10.4. The number of aromatic nitrogens is 1. The van der Waals surface area contributed by atoms with E-state index in [2.05, 4.69) is 31.2 Å². The first-order valence-electron chi connectivity index (χ1n) is 7.32. The van der Waals surface area contributed by atoms with Crippen LogP contribution in [0.5, 0.6) is 0 Å². The summed E-state index contributed by atoms with van der Waals surface area (Å²) in [6, 6.07) is 8.61. The second-order valence-corrected chi connectivity index (χ2v) is 7.12. The third kappa shape index (κ3) is 2.65. The van der Waals surface area contributed by atoms with Crippen molar-refractivity contribution in [2.75, 3.05) is 0 Å². The minimum Gasteiger partial charge on any atom is -0.385 e. The Morgan fingerprint density at radius 3 is 2.40 bits per heavy atom. The van der Waals surface area contributed by atoms with E-state index in [1.807, 2.05) is 13.8 Å². The lowest BCUT2D eigenvalue weighted by molar-refractivity contribution is 0.0813. The Bertz CT molecular complexity index is 603. The topological polar surface area (TPSA) is 33.1 Å². The first-order chi connectivity index (χ1) is 9.49. The molecule has 0 bridgehead atoms. The van der Waals surface area contributed by atoms with Gasteiger partial charge in [0.1, 0.15) is 5.01 Å². The van der Waals surface area contributed by atoms with Gasteiger partial charge in [0.2, 0.25) is 0 Å². The van der Waals surface area contributed by atoms with Crippen molar-refractivity contribution in [1.29, 1.82) is 0 Å². The van der Waals surface area contributed by atoms with E-state index >= 15 is 0 Å². The van der Waals surface area contributed by atoms with E-state index in [1.54, 1.807) is 11.3 Å². The fourth-order valence-electron chi connectivity index (χ4n) is 2.41. The van der Waals surface area contributed by atoms with Gasteiger partial charge in [0.05, 0.1) is 16.2 Å². The Morgan fingerprint density at radius 1 is 1.25 bits per heavy atom. The molecule has 1 fully saturated rings. The van der Waals surface area contributed by atoms with Gasteiger partial charge in [0.15, 0.2) is 0 Å². The molecule has 0 spiro atoms. The first-order valence-corrected chi connectivity index (χ1v) is 8.13. The van der Waals surface area contributed by atoms with Crippen LogP contribution in [0.3, 0.4) is 0 Å². The lowest BCUT2D eigenvalue weighted by atomic mass is 10.0. The molecule has 1 saturated carbocycles. The molecule has 1 heterocycles. The van der Waals surface area contributed by atoms with Gasteiger partial charge in [-0.3, -0.25) is 0 Å². The van der Waals surface area contributed by atoms with Crippen molar-refractivity contribution < 1.29 is 5.11 Å². The molecule has 0 amide bonds. The van der Waals surface area contributed by atoms with Crippen LogP contribution in [-0.2, 0) is 12.0 Å². The molecular weight excluding hydrogens is 266 g/mol. The zero-order valence-electron chi connectivity index (χ0n) is 12.3. The second-order valence-electron chi connectivity index (χ2n) is 6.12. The van der Waals surface area contributed by atoms with Crippen molar-refractivity contribution in [1.82, 2.24) is 4.98 Å². The predicted molar refractivity (Wildman–Crippen MR) is 84.1 cm³/mol. The standard InChI is InChI=1S/C17H21NOS/c1-4-11-5-7-13(8-6-11)16-18-14(12-9-10-12)15(20-16)17(2,3)19/h5-8,12,19H,4,9-10H2,1-3H3. The number of hydrogen-bond donors (Lipinski definition) is 1. The highest BCUT2D eigenvalue weighted by Crippen LogP contribution is 2.47. The summed E-state index contributed by atoms with van der Waals surface area (Å²) in [5.74, 6) is 0.566. The van der Waals surface area contributed by atoms with Gasteiger partial charge in [-0.2, -0.15) is 0 Å². The van der Waals surface area contributed by atoms with E-state index < -0.39 is 5.60 Å². The smallest absolute Gasteiger partial charge is 0.123 e. The maximum Gasteiger partial charge on any atom is 0.123 e. The van der Waals surface area contributed by atoms with Crippen molar-refractivity contribution in [3.8, 4) is 10.6 Å². The molecule has 1 N–H and O–H groups in total. The van der Waals surface area contributed by atoms with Gasteiger partial charge in [-0.05, 0) is 38.7 Å². The van der Waals surface area contributed by atoms with E-state index in [1.165, 1.54) is 18.4 Å². The summed E-state index contributed by atoms with van der Waals surface area (Å²) in [6.07, 6.45) is 3.47. The zero-order chi connectivity index (χ0) is 14.3. The first kappa shape index (κ1) is 13.8. The number of hydrogen-bond acceptors (Lipinski definition) is 3. The van der Waals surface area contributed by atoms with Crippen molar-refractivity contribution in [2.24, 2.45) is 0 Å². The average Bonchev–Trinajstić information content (AvgIpc) is 3.16. The third-order valence-corrected chi connectivity index (χ3v) is 5.22. The maximum absolute atomic E-state index is 10.4. The van der Waals surface area contributed by atoms with Crippen LogP contribution in [0, 0.1) is 0 Å². The molecule has 0 radical (unpaired) electrons. The molecule has 0 saturated heterocycles. The van der Waals surface area contributed by atoms with E-state index in [-0.39, 0.29) is 0 Å². The molecule has 2 aromatic rings. The van der Waals surface area contributed by atoms with E-state index in [9.17, 15) is 5.11 Å². The number of aryl methyl sites for hydroxylation is 1. The Morgan fingerprint density at radius 2 is 1.90 bits per heavy atom. The molecule has 106 valence electrons. The van der Waals surface area contributed by atoms with Crippen molar-refractivity contribution >= 4 is 11.3 Å². The van der Waals surface area contributed by atoms with Crippen molar-refractivity contribution in [2.45, 2.75) is 51.6 Å². The number of benzene rings is 1. The van der Waals surface area contributed by atoms with Gasteiger partial charge in [-0.15, -0.1) is 11.3 Å². The molecule has 1 aromatic heterocycles. The lowest BCUT2D eigenvalue weighted by Gasteiger charge is -2.16. The number of rotatable bonds is 4. The van der Waals surface area contributed by atoms with E-state index in [0.29, 0.717) is 5.92 Å². The van der Waals surface area contributed by atoms with Crippen LogP contribution >= 0.6 is 11.3 Å². The van der Waals surface area contributed by atoms with Crippen molar-refractivity contribution in [3.05, 3.63) is 40.4 Å². The highest BCUT2D eigenvalue weighted by atomic mass is 32.1. The zero-order valence-corrected chi connectivity index (χ0v) is 13.1. The van der Waals surface area contributed by atoms with E-state index in [4.69, 9.17) is 4.98 Å². The normalized spacial score (nSPS) is 15.6. The Labute approximate surface area is 124 Å². The Balaban J connectivity index is 2.01. The fraction of sp³-hybridized carbons (Fsp3) is 0.471. The molecule has 3 heteroatoms. The molecule has 0 aliphatic heterocycles. The highest BCUT2D eigenvalue weighted by molar-refractivity contribution is 7.15. The van der Waals surface area contributed by atoms with Crippen LogP contribution in [0.4, 0.5) is 0 Å². The Kier molecular flexibility index (Phi) is 3.43. The predicted octanol–water partition coefficient (Wildman–Crippen LogP) is 4.48. The monoisotopic (exact) mass is 287 g/mol. The SMILES string of the molecule is CCc1ccc(-c2nc(C3CC3)c(C(C)(C)O)s2)cc1. The summed E-state index contributed by atoms with van der Waals surface area (Å²) in [6.45, 7) is 5.88. The van der Waals surface area contributed by atoms with Gasteiger partial charge in [-0.1, -0.05) is 31.2 Å². The molecule has 3 rings (SSSR count). The van der Waals surface area contributed by atoms with Gasteiger partial charge < -0.3 is 5.11 Å². The highest BCUT2D eigenvalue weighted by Gasteiger charge is 2.34. The van der Waals surface area contributed by atoms with Crippen LogP contribution in [0.25, 0.3) is 10.6 Å². The summed E-state index contributed by atoms with van der Waals surface area (Å²) >= 11 is 1.64. The third-order valence-electron chi connectivity index (χ3n) is 3.78. The lowest BCUT2D eigenvalue weighted by Crippen LogP contribution is -2.15. The summed E-state index contributed by atoms with van der Waals surface area (Å²) in [4.78, 5) is 5.86. The quantitative estimate of drug-likeness (QED) is 0.899. The van der Waals surface area contributed by atoms with Gasteiger partial charge in [0.25, 0.3) is 0 Å². The van der Waals surface area contributed by atoms with Crippen LogP contribution in [0.15, 0.2) is 24.3 Å². The number of thiazole rings is 1. The fourth-order valence-corrected chi connectivity index (χ4v) is 3.57. The largest absolute Gasteiger partial charge is 0.385 e. The van der Waals surface area contributed by atoms with Crippen LogP contribution in [0.2, 0.25) is 0 Å². The van der Waals surface area contributed by atoms with Crippen LogP contribution in [0.1, 0.15) is 55.7 Å². The van der Waals surface area contributed by atoms with Crippen LogP contribution < -0.4 is 0 Å². The van der Waals surface area contributed by atoms with Crippen LogP contribution in [-0.4, -0.2) is 10.1 Å². The molecule has 20 heavy (non-hydrogen) atoms. The summed E-state index contributed by atoms with van der Waals surface area (Å²) in [5, 5.41) is 11.4. The molecule has 1 aliphatic rings. The van der Waals surface area contributed by atoms with E-state index in [0.717, 1.165) is 27.6 Å². The Hall–Kier alpha value is -1.19. The van der Waals surface area contributed by atoms with Crippen molar-refractivity contribution in [3.63, 3.8) is 0 Å². The second kappa shape index (κ2) is 4.97. The summed E-state index contributed by atoms with van der Waals surface area (Å²) in [5.41, 5.74) is 2.83. The minimum atomic E-state index is -0.794. The minimum absolute atomic E-state index is 0.566. The molecule has 0 atom stereocenters. The number of nitrogens with zero attached hydrogens (tertiary/aromatic N) is 1. The molecule has 0 unspecified atom stereocenters. The van der Waals surface area contributed by atoms with Gasteiger partial charge >= 0.3 is 0 Å².